The number of aromatic nitrogens is 2. The lowest BCUT2D eigenvalue weighted by molar-refractivity contribution is 0.836. The molecule has 0 bridgehead atoms. The minimum absolute atomic E-state index is 0.553. The Morgan fingerprint density at radius 2 is 1.76 bits per heavy atom. The minimum atomic E-state index is 0.553. The fraction of sp³-hybridized carbons (Fsp3) is 0.444. The van der Waals surface area contributed by atoms with Crippen molar-refractivity contribution in [1.29, 1.82) is 0 Å². The first-order valence-corrected chi connectivity index (χ1v) is 7.86. The van der Waals surface area contributed by atoms with Crippen LogP contribution in [0.25, 0.3) is 11.3 Å². The molecule has 1 aromatic heterocycles. The van der Waals surface area contributed by atoms with Crippen LogP contribution in [0.5, 0.6) is 0 Å². The summed E-state index contributed by atoms with van der Waals surface area (Å²) in [5, 5.41) is 3.29. The predicted molar refractivity (Wildman–Crippen MR) is 89.7 cm³/mol. The van der Waals surface area contributed by atoms with Crippen molar-refractivity contribution in [3.63, 3.8) is 0 Å². The first-order valence-electron chi connectivity index (χ1n) is 7.86. The van der Waals surface area contributed by atoms with E-state index in [0.717, 1.165) is 42.3 Å². The Morgan fingerprint density at radius 1 is 1.05 bits per heavy atom. The molecule has 0 spiro atoms. The number of nitrogens with one attached hydrogen (secondary N) is 1. The summed E-state index contributed by atoms with van der Waals surface area (Å²) in [5.41, 5.74) is 3.51. The van der Waals surface area contributed by atoms with E-state index >= 15 is 0 Å². The van der Waals surface area contributed by atoms with Gasteiger partial charge >= 0.3 is 0 Å². The van der Waals surface area contributed by atoms with Crippen LogP contribution in [0.3, 0.4) is 0 Å². The minimum Gasteiger partial charge on any atom is -0.370 e. The quantitative estimate of drug-likeness (QED) is 0.838. The normalized spacial score (nSPS) is 10.9. The molecular formula is C18H25N3. The van der Waals surface area contributed by atoms with Crippen LogP contribution >= 0.6 is 0 Å². The molecule has 1 aromatic carbocycles. The van der Waals surface area contributed by atoms with Crippen molar-refractivity contribution in [3.8, 4) is 11.3 Å². The van der Waals surface area contributed by atoms with Gasteiger partial charge in [0.25, 0.3) is 0 Å². The molecule has 1 heterocycles. The van der Waals surface area contributed by atoms with Gasteiger partial charge in [-0.25, -0.2) is 9.97 Å². The van der Waals surface area contributed by atoms with E-state index in [4.69, 9.17) is 4.98 Å². The highest BCUT2D eigenvalue weighted by molar-refractivity contribution is 5.63. The van der Waals surface area contributed by atoms with Gasteiger partial charge in [-0.2, -0.15) is 0 Å². The summed E-state index contributed by atoms with van der Waals surface area (Å²) in [4.78, 5) is 9.26. The van der Waals surface area contributed by atoms with Crippen LogP contribution in [0, 0.1) is 0 Å². The average Bonchev–Trinajstić information content (AvgIpc) is 2.48. The zero-order valence-electron chi connectivity index (χ0n) is 13.5. The van der Waals surface area contributed by atoms with Crippen molar-refractivity contribution < 1.29 is 0 Å². The maximum Gasteiger partial charge on any atom is 0.131 e. The maximum atomic E-state index is 4.70. The van der Waals surface area contributed by atoms with E-state index in [0.29, 0.717) is 5.92 Å². The second-order valence-corrected chi connectivity index (χ2v) is 5.61. The van der Waals surface area contributed by atoms with Crippen molar-refractivity contribution in [2.24, 2.45) is 0 Å². The van der Waals surface area contributed by atoms with Gasteiger partial charge in [-0.05, 0) is 24.8 Å². The van der Waals surface area contributed by atoms with Gasteiger partial charge in [0.2, 0.25) is 0 Å². The summed E-state index contributed by atoms with van der Waals surface area (Å²) in [7, 11) is 0. The topological polar surface area (TPSA) is 37.8 Å². The lowest BCUT2D eigenvalue weighted by Gasteiger charge is -2.10. The van der Waals surface area contributed by atoms with Gasteiger partial charge in [-0.3, -0.25) is 0 Å². The predicted octanol–water partition coefficient (Wildman–Crippen LogP) is 4.65. The summed E-state index contributed by atoms with van der Waals surface area (Å²) in [6.45, 7) is 9.53. The van der Waals surface area contributed by atoms with E-state index in [9.17, 15) is 0 Å². The molecule has 0 aliphatic carbocycles. The molecule has 0 unspecified atom stereocenters. The fourth-order valence-corrected chi connectivity index (χ4v) is 2.29. The van der Waals surface area contributed by atoms with E-state index < -0.39 is 0 Å². The first kappa shape index (κ1) is 15.5. The second-order valence-electron chi connectivity index (χ2n) is 5.61. The Kier molecular flexibility index (Phi) is 5.32. The van der Waals surface area contributed by atoms with Gasteiger partial charge in [0.1, 0.15) is 11.6 Å². The molecule has 2 aromatic rings. The summed E-state index contributed by atoms with van der Waals surface area (Å²) < 4.78 is 0. The molecule has 112 valence electrons. The van der Waals surface area contributed by atoms with E-state index in [1.54, 1.807) is 0 Å². The molecule has 0 radical (unpaired) electrons. The number of aryl methyl sites for hydroxylation is 1. The van der Waals surface area contributed by atoms with Gasteiger partial charge in [0, 0.05) is 24.6 Å². The van der Waals surface area contributed by atoms with Crippen molar-refractivity contribution in [2.75, 3.05) is 11.9 Å². The summed E-state index contributed by atoms with van der Waals surface area (Å²) in [6.07, 6.45) is 1.97. The largest absolute Gasteiger partial charge is 0.370 e. The number of nitrogens with zero attached hydrogens (tertiary/aromatic N) is 2. The van der Waals surface area contributed by atoms with Crippen LogP contribution in [-0.4, -0.2) is 16.5 Å². The molecule has 1 N–H and O–H groups in total. The van der Waals surface area contributed by atoms with Gasteiger partial charge in [-0.1, -0.05) is 45.0 Å². The summed E-state index contributed by atoms with van der Waals surface area (Å²) in [6, 6.07) is 10.7. The molecule has 0 saturated heterocycles. The number of hydrogen-bond acceptors (Lipinski definition) is 3. The first-order chi connectivity index (χ1) is 10.1. The molecule has 0 amide bonds. The highest BCUT2D eigenvalue weighted by atomic mass is 15.0. The smallest absolute Gasteiger partial charge is 0.131 e. The maximum absolute atomic E-state index is 4.70. The van der Waals surface area contributed by atoms with E-state index in [2.05, 4.69) is 62.3 Å². The molecule has 3 heteroatoms. The monoisotopic (exact) mass is 283 g/mol. The molecule has 0 fully saturated rings. The van der Waals surface area contributed by atoms with Gasteiger partial charge in [0.15, 0.2) is 0 Å². The van der Waals surface area contributed by atoms with Crippen LogP contribution in [0.1, 0.15) is 51.4 Å². The molecule has 2 rings (SSSR count). The second kappa shape index (κ2) is 7.21. The Bertz CT molecular complexity index is 549. The summed E-state index contributed by atoms with van der Waals surface area (Å²) >= 11 is 0. The molecule has 0 saturated carbocycles. The molecule has 0 atom stereocenters. The zero-order valence-corrected chi connectivity index (χ0v) is 13.5. The standard InChI is InChI=1S/C18H25N3/c1-5-7-17-20-16(12-18(21-17)19-6-2)15-10-8-14(9-11-15)13(3)4/h8-13H,5-7H2,1-4H3,(H,19,20,21). The third kappa shape index (κ3) is 4.03. The van der Waals surface area contributed by atoms with Crippen molar-refractivity contribution >= 4 is 5.82 Å². The molecule has 3 nitrogen and oxygen atoms in total. The fourth-order valence-electron chi connectivity index (χ4n) is 2.29. The van der Waals surface area contributed by atoms with E-state index in [1.165, 1.54) is 5.56 Å². The van der Waals surface area contributed by atoms with Gasteiger partial charge in [0.05, 0.1) is 5.69 Å². The number of benzene rings is 1. The molecule has 0 aliphatic rings. The lowest BCUT2D eigenvalue weighted by Crippen LogP contribution is -2.04. The SMILES string of the molecule is CCCc1nc(NCC)cc(-c2ccc(C(C)C)cc2)n1. The van der Waals surface area contributed by atoms with E-state index in [-0.39, 0.29) is 0 Å². The number of hydrogen-bond donors (Lipinski definition) is 1. The third-order valence-corrected chi connectivity index (χ3v) is 3.48. The van der Waals surface area contributed by atoms with Gasteiger partial charge in [-0.15, -0.1) is 0 Å². The van der Waals surface area contributed by atoms with Crippen LogP contribution in [0.2, 0.25) is 0 Å². The van der Waals surface area contributed by atoms with Crippen molar-refractivity contribution in [1.82, 2.24) is 9.97 Å². The lowest BCUT2D eigenvalue weighted by atomic mass is 10.0. The molecular weight excluding hydrogens is 258 g/mol. The van der Waals surface area contributed by atoms with Crippen LogP contribution in [0.15, 0.2) is 30.3 Å². The third-order valence-electron chi connectivity index (χ3n) is 3.48. The summed E-state index contributed by atoms with van der Waals surface area (Å²) in [5.74, 6) is 2.38. The highest BCUT2D eigenvalue weighted by Gasteiger charge is 2.07. The Balaban J connectivity index is 2.36. The molecule has 21 heavy (non-hydrogen) atoms. The average molecular weight is 283 g/mol. The Hall–Kier alpha value is -1.90. The van der Waals surface area contributed by atoms with Crippen molar-refractivity contribution in [3.05, 3.63) is 41.7 Å². The van der Waals surface area contributed by atoms with Crippen LogP contribution in [0.4, 0.5) is 5.82 Å². The molecule has 0 aliphatic heterocycles. The zero-order chi connectivity index (χ0) is 15.2. The van der Waals surface area contributed by atoms with Gasteiger partial charge < -0.3 is 5.32 Å². The van der Waals surface area contributed by atoms with Crippen LogP contribution < -0.4 is 5.32 Å². The number of anilines is 1. The van der Waals surface area contributed by atoms with Crippen molar-refractivity contribution in [2.45, 2.75) is 46.5 Å². The highest BCUT2D eigenvalue weighted by Crippen LogP contribution is 2.23. The van der Waals surface area contributed by atoms with Crippen LogP contribution in [-0.2, 0) is 6.42 Å². The van der Waals surface area contributed by atoms with E-state index in [1.807, 2.05) is 6.07 Å². The Labute approximate surface area is 127 Å². The number of rotatable bonds is 6. The Morgan fingerprint density at radius 3 is 2.33 bits per heavy atom.